The fraction of sp³-hybridized carbons (Fsp3) is 0.200. The van der Waals surface area contributed by atoms with Crippen molar-refractivity contribution in [2.75, 3.05) is 0 Å². The first kappa shape index (κ1) is 9.28. The summed E-state index contributed by atoms with van der Waals surface area (Å²) in [6, 6.07) is 0. The molecular weight excluding hydrogens is 127 g/mol. The van der Waals surface area contributed by atoms with E-state index in [1.807, 2.05) is 0 Å². The normalized spacial score (nSPS) is 8.50. The first-order valence-electron chi connectivity index (χ1n) is 2.49. The molecule has 4 nitrogen and oxygen atoms in total. The standard InChI is InChI=1S/C5H6N2O2.Li/c1-3-2-6-5(9)7-4(3)8;/h2H,1H3,(H2,6,7,8,9);. The van der Waals surface area contributed by atoms with E-state index in [0.29, 0.717) is 5.56 Å². The first-order chi connectivity index (χ1) is 4.20. The predicted octanol–water partition coefficient (Wildman–Crippen LogP) is -1.01. The van der Waals surface area contributed by atoms with Crippen LogP contribution in [0.5, 0.6) is 0 Å². The topological polar surface area (TPSA) is 65.7 Å². The molecule has 0 aliphatic rings. The zero-order valence-electron chi connectivity index (χ0n) is 5.89. The molecule has 1 aromatic heterocycles. The summed E-state index contributed by atoms with van der Waals surface area (Å²) in [5, 5.41) is 0. The zero-order valence-corrected chi connectivity index (χ0v) is 5.89. The third kappa shape index (κ3) is 1.90. The molecule has 0 atom stereocenters. The Labute approximate surface area is 68.9 Å². The molecule has 5 heteroatoms. The van der Waals surface area contributed by atoms with E-state index < -0.39 is 5.69 Å². The molecule has 0 fully saturated rings. The molecule has 0 aliphatic carbocycles. The number of aryl methyl sites for hydroxylation is 1. The van der Waals surface area contributed by atoms with E-state index >= 15 is 0 Å². The number of aromatic nitrogens is 2. The molecule has 1 heterocycles. The van der Waals surface area contributed by atoms with Gasteiger partial charge in [-0.2, -0.15) is 0 Å². The maximum absolute atomic E-state index is 10.6. The van der Waals surface area contributed by atoms with Gasteiger partial charge < -0.3 is 4.98 Å². The van der Waals surface area contributed by atoms with Crippen molar-refractivity contribution in [3.63, 3.8) is 0 Å². The minimum atomic E-state index is -0.467. The van der Waals surface area contributed by atoms with Gasteiger partial charge >= 0.3 is 5.69 Å². The van der Waals surface area contributed by atoms with Crippen molar-refractivity contribution in [1.82, 2.24) is 9.97 Å². The van der Waals surface area contributed by atoms with Crippen molar-refractivity contribution in [2.24, 2.45) is 0 Å². The molecule has 0 amide bonds. The molecular formula is C5H6LiN2O2. The summed E-state index contributed by atoms with van der Waals surface area (Å²) in [6.45, 7) is 1.62. The Bertz CT molecular complexity index is 314. The third-order valence-corrected chi connectivity index (χ3v) is 1.00. The zero-order chi connectivity index (χ0) is 6.85. The number of H-pyrrole nitrogens is 2. The summed E-state index contributed by atoms with van der Waals surface area (Å²) in [4.78, 5) is 25.3. The molecule has 1 radical (unpaired) electrons. The summed E-state index contributed by atoms with van der Waals surface area (Å²) in [5.41, 5.74) is -0.293. The van der Waals surface area contributed by atoms with E-state index in [2.05, 4.69) is 9.97 Å². The van der Waals surface area contributed by atoms with Crippen LogP contribution in [-0.4, -0.2) is 28.8 Å². The Balaban J connectivity index is 0.000000810. The third-order valence-electron chi connectivity index (χ3n) is 1.00. The summed E-state index contributed by atoms with van der Waals surface area (Å²) in [7, 11) is 0. The molecule has 10 heavy (non-hydrogen) atoms. The molecule has 0 saturated carbocycles. The van der Waals surface area contributed by atoms with Gasteiger partial charge in [0.15, 0.2) is 0 Å². The maximum Gasteiger partial charge on any atom is 0.325 e. The smallest absolute Gasteiger partial charge is 0.314 e. The van der Waals surface area contributed by atoms with Crippen LogP contribution in [0.4, 0.5) is 0 Å². The number of hydrogen-bond acceptors (Lipinski definition) is 2. The van der Waals surface area contributed by atoms with Crippen molar-refractivity contribution in [2.45, 2.75) is 6.92 Å². The fourth-order valence-electron chi connectivity index (χ4n) is 0.477. The Morgan fingerprint density at radius 3 is 2.40 bits per heavy atom. The molecule has 2 N–H and O–H groups in total. The molecule has 0 bridgehead atoms. The van der Waals surface area contributed by atoms with Crippen LogP contribution >= 0.6 is 0 Å². The predicted molar refractivity (Wildman–Crippen MR) is 38.2 cm³/mol. The first-order valence-corrected chi connectivity index (χ1v) is 2.49. The monoisotopic (exact) mass is 133 g/mol. The van der Waals surface area contributed by atoms with Gasteiger partial charge in [-0.3, -0.25) is 9.78 Å². The van der Waals surface area contributed by atoms with Gasteiger partial charge in [-0.05, 0) is 6.92 Å². The van der Waals surface area contributed by atoms with Gasteiger partial charge in [-0.25, -0.2) is 4.79 Å². The van der Waals surface area contributed by atoms with Crippen molar-refractivity contribution < 1.29 is 0 Å². The second-order valence-electron chi connectivity index (χ2n) is 1.75. The van der Waals surface area contributed by atoms with Crippen LogP contribution in [0.15, 0.2) is 15.8 Å². The Kier molecular flexibility index (Phi) is 3.20. The van der Waals surface area contributed by atoms with Gasteiger partial charge in [0, 0.05) is 30.6 Å². The van der Waals surface area contributed by atoms with Gasteiger partial charge in [-0.1, -0.05) is 0 Å². The van der Waals surface area contributed by atoms with Crippen LogP contribution in [0.25, 0.3) is 0 Å². The molecule has 0 saturated heterocycles. The molecule has 0 aromatic carbocycles. The summed E-state index contributed by atoms with van der Waals surface area (Å²) >= 11 is 0. The number of hydrogen-bond donors (Lipinski definition) is 2. The quantitative estimate of drug-likeness (QED) is 0.445. The van der Waals surface area contributed by atoms with Crippen LogP contribution in [0, 0.1) is 6.92 Å². The van der Waals surface area contributed by atoms with Gasteiger partial charge in [0.05, 0.1) is 0 Å². The average molecular weight is 133 g/mol. The van der Waals surface area contributed by atoms with Crippen molar-refractivity contribution in [3.05, 3.63) is 32.6 Å². The van der Waals surface area contributed by atoms with Crippen molar-refractivity contribution >= 4 is 18.9 Å². The average Bonchev–Trinajstić information content (AvgIpc) is 1.80. The van der Waals surface area contributed by atoms with Crippen LogP contribution in [-0.2, 0) is 0 Å². The summed E-state index contributed by atoms with van der Waals surface area (Å²) < 4.78 is 0. The maximum atomic E-state index is 10.6. The van der Waals surface area contributed by atoms with E-state index in [9.17, 15) is 9.59 Å². The van der Waals surface area contributed by atoms with Gasteiger partial charge in [0.2, 0.25) is 0 Å². The Morgan fingerprint density at radius 2 is 2.00 bits per heavy atom. The Morgan fingerprint density at radius 1 is 1.40 bits per heavy atom. The molecule has 0 unspecified atom stereocenters. The molecule has 49 valence electrons. The van der Waals surface area contributed by atoms with E-state index in [0.717, 1.165) is 0 Å². The van der Waals surface area contributed by atoms with Crippen LogP contribution in [0.3, 0.4) is 0 Å². The van der Waals surface area contributed by atoms with Gasteiger partial charge in [0.25, 0.3) is 5.56 Å². The summed E-state index contributed by atoms with van der Waals surface area (Å²) in [5.74, 6) is 0. The Hall–Kier alpha value is -0.723. The number of nitrogens with one attached hydrogen (secondary N) is 2. The van der Waals surface area contributed by atoms with Gasteiger partial charge in [0.1, 0.15) is 0 Å². The molecule has 1 rings (SSSR count). The number of aromatic amines is 2. The van der Waals surface area contributed by atoms with Crippen molar-refractivity contribution in [3.8, 4) is 0 Å². The minimum absolute atomic E-state index is 0. The second kappa shape index (κ2) is 3.45. The van der Waals surface area contributed by atoms with Crippen LogP contribution in [0.2, 0.25) is 0 Å². The van der Waals surface area contributed by atoms with E-state index in [1.165, 1.54) is 6.20 Å². The second-order valence-corrected chi connectivity index (χ2v) is 1.75. The summed E-state index contributed by atoms with van der Waals surface area (Å²) in [6.07, 6.45) is 1.38. The van der Waals surface area contributed by atoms with E-state index in [4.69, 9.17) is 0 Å². The van der Waals surface area contributed by atoms with E-state index in [-0.39, 0.29) is 24.4 Å². The largest absolute Gasteiger partial charge is 0.325 e. The molecule has 0 spiro atoms. The van der Waals surface area contributed by atoms with Crippen LogP contribution in [0.1, 0.15) is 5.56 Å². The SMILES string of the molecule is Cc1c[nH]c(=O)[nH]c1=O.[Li]. The molecule has 1 aromatic rings. The van der Waals surface area contributed by atoms with E-state index in [1.54, 1.807) is 6.92 Å². The fourth-order valence-corrected chi connectivity index (χ4v) is 0.477. The number of rotatable bonds is 0. The minimum Gasteiger partial charge on any atom is -0.314 e. The van der Waals surface area contributed by atoms with Crippen molar-refractivity contribution in [1.29, 1.82) is 0 Å². The van der Waals surface area contributed by atoms with Gasteiger partial charge in [-0.15, -0.1) is 0 Å². The van der Waals surface area contributed by atoms with Crippen LogP contribution < -0.4 is 11.2 Å². The molecule has 0 aliphatic heterocycles.